The number of rotatable bonds is 6. The molecule has 7 nitrogen and oxygen atoms in total. The van der Waals surface area contributed by atoms with Crippen molar-refractivity contribution in [2.24, 2.45) is 0 Å². The Kier molecular flexibility index (Phi) is 7.62. The molecule has 1 N–H and O–H groups in total. The van der Waals surface area contributed by atoms with Gasteiger partial charge in [-0.05, 0) is 66.8 Å². The van der Waals surface area contributed by atoms with Crippen LogP contribution in [-0.4, -0.2) is 61.4 Å². The number of pyridine rings is 1. The van der Waals surface area contributed by atoms with Crippen molar-refractivity contribution < 1.29 is 18.3 Å². The van der Waals surface area contributed by atoms with Gasteiger partial charge in [0.25, 0.3) is 0 Å². The number of allylic oxidation sites excluding steroid dienone is 1. The quantitative estimate of drug-likeness (QED) is 0.458. The van der Waals surface area contributed by atoms with Gasteiger partial charge >= 0.3 is 0 Å². The van der Waals surface area contributed by atoms with Crippen LogP contribution in [0.25, 0.3) is 5.57 Å². The molecule has 1 aromatic heterocycles. The van der Waals surface area contributed by atoms with E-state index in [-0.39, 0.29) is 4.90 Å². The highest BCUT2D eigenvalue weighted by Gasteiger charge is 2.34. The molecule has 0 bridgehead atoms. The van der Waals surface area contributed by atoms with Gasteiger partial charge in [0.2, 0.25) is 15.9 Å². The average Bonchev–Trinajstić information content (AvgIpc) is 3.06. The average molecular weight is 554 g/mol. The van der Waals surface area contributed by atoms with E-state index in [1.165, 1.54) is 18.4 Å². The van der Waals surface area contributed by atoms with E-state index in [1.54, 1.807) is 24.4 Å². The van der Waals surface area contributed by atoms with Crippen LogP contribution in [-0.2, 0) is 22.0 Å². The van der Waals surface area contributed by atoms with E-state index in [2.05, 4.69) is 16.0 Å². The Hall–Kier alpha value is -2.75. The van der Waals surface area contributed by atoms with E-state index in [1.807, 2.05) is 36.4 Å². The maximum absolute atomic E-state index is 13.1. The van der Waals surface area contributed by atoms with Crippen molar-refractivity contribution in [1.82, 2.24) is 14.2 Å². The summed E-state index contributed by atoms with van der Waals surface area (Å²) in [7, 11) is -0.586. The Morgan fingerprint density at radius 2 is 1.84 bits per heavy atom. The van der Waals surface area contributed by atoms with Crippen LogP contribution in [0.4, 0.5) is 0 Å². The summed E-state index contributed by atoms with van der Waals surface area (Å²) >= 11 is 6.02. The predicted octanol–water partition coefficient (Wildman–Crippen LogP) is 5.09. The molecule has 200 valence electrons. The maximum Gasteiger partial charge on any atom is 0.242 e. The molecule has 3 aromatic rings. The van der Waals surface area contributed by atoms with Crippen LogP contribution in [0.15, 0.2) is 71.8 Å². The lowest BCUT2D eigenvalue weighted by Gasteiger charge is -2.38. The standard InChI is InChI=1S/C29H32ClN3O4S/c1-32(2)38(35,36)27-9-3-8-26-25(27)20-21(24-7-4-16-31-28(24)37-26)6-5-17-33-18-14-29(34,15-19-33)22-10-12-23(30)13-11-22/h3-4,6-13,16,34H,5,14-15,17-20H2,1-2H3. The van der Waals surface area contributed by atoms with Crippen molar-refractivity contribution in [2.45, 2.75) is 36.2 Å². The molecule has 0 atom stereocenters. The molecule has 2 aromatic carbocycles. The van der Waals surface area contributed by atoms with Crippen molar-refractivity contribution in [3.05, 3.63) is 88.6 Å². The largest absolute Gasteiger partial charge is 0.438 e. The summed E-state index contributed by atoms with van der Waals surface area (Å²) in [5.41, 5.74) is 2.57. The van der Waals surface area contributed by atoms with Gasteiger partial charge in [-0.15, -0.1) is 0 Å². The molecule has 3 heterocycles. The smallest absolute Gasteiger partial charge is 0.242 e. The third-order valence-electron chi connectivity index (χ3n) is 7.44. The first-order valence-corrected chi connectivity index (χ1v) is 14.6. The number of hydrogen-bond acceptors (Lipinski definition) is 6. The number of aromatic nitrogens is 1. The fraction of sp³-hybridized carbons (Fsp3) is 0.345. The zero-order valence-corrected chi connectivity index (χ0v) is 23.2. The number of sulfonamides is 1. The highest BCUT2D eigenvalue weighted by atomic mass is 35.5. The molecule has 1 fully saturated rings. The Morgan fingerprint density at radius 1 is 1.11 bits per heavy atom. The fourth-order valence-electron chi connectivity index (χ4n) is 5.16. The Labute approximate surface area is 229 Å². The van der Waals surface area contributed by atoms with Gasteiger partial charge < -0.3 is 14.7 Å². The molecular weight excluding hydrogens is 522 g/mol. The zero-order chi connectivity index (χ0) is 26.9. The van der Waals surface area contributed by atoms with E-state index >= 15 is 0 Å². The molecule has 1 saturated heterocycles. The van der Waals surface area contributed by atoms with E-state index in [0.29, 0.717) is 41.5 Å². The van der Waals surface area contributed by atoms with Gasteiger partial charge in [-0.3, -0.25) is 0 Å². The third-order valence-corrected chi connectivity index (χ3v) is 9.59. The van der Waals surface area contributed by atoms with Crippen LogP contribution in [0.3, 0.4) is 0 Å². The number of halogens is 1. The van der Waals surface area contributed by atoms with Crippen LogP contribution in [0.1, 0.15) is 36.0 Å². The summed E-state index contributed by atoms with van der Waals surface area (Å²) < 4.78 is 33.5. The van der Waals surface area contributed by atoms with Gasteiger partial charge in [0, 0.05) is 62.5 Å². The molecule has 2 aliphatic heterocycles. The lowest BCUT2D eigenvalue weighted by atomic mass is 9.84. The minimum absolute atomic E-state index is 0.247. The Bertz CT molecular complexity index is 1450. The van der Waals surface area contributed by atoms with Gasteiger partial charge in [-0.25, -0.2) is 17.7 Å². The summed E-state index contributed by atoms with van der Waals surface area (Å²) in [6, 6.07) is 16.4. The van der Waals surface area contributed by atoms with E-state index in [9.17, 15) is 13.5 Å². The van der Waals surface area contributed by atoms with E-state index < -0.39 is 15.6 Å². The van der Waals surface area contributed by atoms with Crippen LogP contribution in [0.2, 0.25) is 5.02 Å². The predicted molar refractivity (Wildman–Crippen MR) is 149 cm³/mol. The molecule has 0 saturated carbocycles. The lowest BCUT2D eigenvalue weighted by Crippen LogP contribution is -2.42. The molecule has 0 amide bonds. The molecule has 0 radical (unpaired) electrons. The minimum Gasteiger partial charge on any atom is -0.438 e. The Balaban J connectivity index is 1.34. The summed E-state index contributed by atoms with van der Waals surface area (Å²) in [5, 5.41) is 11.9. The van der Waals surface area contributed by atoms with Crippen molar-refractivity contribution >= 4 is 27.2 Å². The monoisotopic (exact) mass is 553 g/mol. The first-order valence-electron chi connectivity index (χ1n) is 12.7. The van der Waals surface area contributed by atoms with E-state index in [4.69, 9.17) is 16.3 Å². The van der Waals surface area contributed by atoms with Crippen LogP contribution < -0.4 is 4.74 Å². The second-order valence-corrected chi connectivity index (χ2v) is 12.6. The number of hydrogen-bond donors (Lipinski definition) is 1. The number of benzene rings is 2. The van der Waals surface area contributed by atoms with Gasteiger partial charge in [0.05, 0.1) is 10.5 Å². The highest BCUT2D eigenvalue weighted by Crippen LogP contribution is 2.41. The third kappa shape index (κ3) is 5.37. The SMILES string of the molecule is CN(C)S(=O)(=O)c1cccc2c1CC(=CCCN1CCC(O)(c3ccc(Cl)cc3)CC1)c1cccnc1O2. The number of aliphatic hydroxyl groups is 1. The Morgan fingerprint density at radius 3 is 2.55 bits per heavy atom. The topological polar surface area (TPSA) is 83.0 Å². The molecule has 0 aliphatic carbocycles. The number of fused-ring (bicyclic) bond motifs is 2. The van der Waals surface area contributed by atoms with Gasteiger partial charge in [0.1, 0.15) is 5.75 Å². The second kappa shape index (κ2) is 10.8. The van der Waals surface area contributed by atoms with Crippen molar-refractivity contribution in [3.8, 4) is 11.6 Å². The molecular formula is C29H32ClN3O4S. The van der Waals surface area contributed by atoms with Crippen molar-refractivity contribution in [2.75, 3.05) is 33.7 Å². The molecule has 0 spiro atoms. The summed E-state index contributed by atoms with van der Waals surface area (Å²) in [4.78, 5) is 7.04. The number of piperidine rings is 1. The van der Waals surface area contributed by atoms with Gasteiger partial charge in [0.15, 0.2) is 0 Å². The van der Waals surface area contributed by atoms with Crippen molar-refractivity contribution in [1.29, 1.82) is 0 Å². The molecule has 5 rings (SSSR count). The molecule has 9 heteroatoms. The van der Waals surface area contributed by atoms with E-state index in [0.717, 1.165) is 42.8 Å². The zero-order valence-electron chi connectivity index (χ0n) is 21.6. The van der Waals surface area contributed by atoms with Crippen LogP contribution in [0, 0.1) is 0 Å². The summed E-state index contributed by atoms with van der Waals surface area (Å²) in [6.45, 7) is 2.41. The fourth-order valence-corrected chi connectivity index (χ4v) is 6.41. The first-order chi connectivity index (χ1) is 18.2. The van der Waals surface area contributed by atoms with Crippen LogP contribution in [0.5, 0.6) is 11.6 Å². The number of likely N-dealkylation sites (tertiary alicyclic amines) is 1. The molecule has 2 aliphatic rings. The first kappa shape index (κ1) is 26.8. The molecule has 38 heavy (non-hydrogen) atoms. The number of nitrogens with zero attached hydrogens (tertiary/aromatic N) is 3. The minimum atomic E-state index is -3.65. The number of ether oxygens (including phenoxy) is 1. The highest BCUT2D eigenvalue weighted by molar-refractivity contribution is 7.89. The van der Waals surface area contributed by atoms with Gasteiger partial charge in [-0.2, -0.15) is 0 Å². The van der Waals surface area contributed by atoms with Crippen LogP contribution >= 0.6 is 11.6 Å². The molecule has 0 unspecified atom stereocenters. The maximum atomic E-state index is 13.1. The second-order valence-electron chi connectivity index (χ2n) is 10.1. The lowest BCUT2D eigenvalue weighted by molar-refractivity contribution is -0.0254. The van der Waals surface area contributed by atoms with Gasteiger partial charge in [-0.1, -0.05) is 35.9 Å². The summed E-state index contributed by atoms with van der Waals surface area (Å²) in [6.07, 6.45) is 6.36. The normalized spacial score (nSPS) is 18.5. The summed E-state index contributed by atoms with van der Waals surface area (Å²) in [5.74, 6) is 0.983. The van der Waals surface area contributed by atoms with Crippen molar-refractivity contribution in [3.63, 3.8) is 0 Å².